The molecular formula is C12H13ClN4. The molecule has 0 aromatic carbocycles. The predicted octanol–water partition coefficient (Wildman–Crippen LogP) is 1.99. The van der Waals surface area contributed by atoms with Gasteiger partial charge >= 0.3 is 0 Å². The van der Waals surface area contributed by atoms with Crippen molar-refractivity contribution in [3.63, 3.8) is 0 Å². The summed E-state index contributed by atoms with van der Waals surface area (Å²) in [6.07, 6.45) is 6.83. The van der Waals surface area contributed by atoms with E-state index in [0.29, 0.717) is 5.02 Å². The number of nitrogens with zero attached hydrogens (tertiary/aromatic N) is 2. The Morgan fingerprint density at radius 3 is 2.53 bits per heavy atom. The molecule has 0 amide bonds. The molecule has 0 saturated heterocycles. The highest BCUT2D eigenvalue weighted by atomic mass is 35.5. The summed E-state index contributed by atoms with van der Waals surface area (Å²) in [5, 5.41) is 0.582. The first kappa shape index (κ1) is 12.0. The Morgan fingerprint density at radius 1 is 1.18 bits per heavy atom. The van der Waals surface area contributed by atoms with Gasteiger partial charge in [-0.3, -0.25) is 15.8 Å². The van der Waals surface area contributed by atoms with Crippen molar-refractivity contribution in [1.82, 2.24) is 15.4 Å². The summed E-state index contributed by atoms with van der Waals surface area (Å²) in [5.41, 5.74) is 5.76. The van der Waals surface area contributed by atoms with Crippen molar-refractivity contribution in [2.45, 2.75) is 13.0 Å². The Hall–Kier alpha value is -1.49. The first-order chi connectivity index (χ1) is 8.24. The van der Waals surface area contributed by atoms with Gasteiger partial charge in [-0.2, -0.15) is 0 Å². The maximum atomic E-state index is 6.12. The molecule has 2 heterocycles. The number of hydrogen-bond donors (Lipinski definition) is 2. The number of nitrogens with one attached hydrogen (secondary N) is 1. The van der Waals surface area contributed by atoms with Crippen molar-refractivity contribution in [3.8, 4) is 0 Å². The zero-order valence-electron chi connectivity index (χ0n) is 9.39. The van der Waals surface area contributed by atoms with Crippen LogP contribution in [0.1, 0.15) is 22.7 Å². The second-order valence-electron chi connectivity index (χ2n) is 3.73. The van der Waals surface area contributed by atoms with Crippen molar-refractivity contribution in [3.05, 3.63) is 58.6 Å². The third-order valence-electron chi connectivity index (χ3n) is 2.67. The van der Waals surface area contributed by atoms with Crippen LogP contribution in [0.25, 0.3) is 0 Å². The van der Waals surface area contributed by atoms with Crippen LogP contribution >= 0.6 is 11.6 Å². The number of aromatic nitrogens is 2. The van der Waals surface area contributed by atoms with Gasteiger partial charge < -0.3 is 0 Å². The van der Waals surface area contributed by atoms with E-state index in [1.165, 1.54) is 0 Å². The summed E-state index contributed by atoms with van der Waals surface area (Å²) < 4.78 is 0. The highest BCUT2D eigenvalue weighted by Crippen LogP contribution is 2.28. The molecular weight excluding hydrogens is 236 g/mol. The Kier molecular flexibility index (Phi) is 3.68. The van der Waals surface area contributed by atoms with E-state index in [2.05, 4.69) is 15.4 Å². The average molecular weight is 249 g/mol. The molecule has 0 radical (unpaired) electrons. The molecule has 0 aliphatic rings. The molecule has 17 heavy (non-hydrogen) atoms. The topological polar surface area (TPSA) is 63.8 Å². The highest BCUT2D eigenvalue weighted by molar-refractivity contribution is 6.31. The Bertz CT molecular complexity index is 470. The summed E-state index contributed by atoms with van der Waals surface area (Å²) in [7, 11) is 0. The number of halogens is 1. The van der Waals surface area contributed by atoms with Gasteiger partial charge in [0.25, 0.3) is 0 Å². The Morgan fingerprint density at radius 2 is 1.88 bits per heavy atom. The van der Waals surface area contributed by atoms with Crippen LogP contribution in [0, 0.1) is 6.92 Å². The van der Waals surface area contributed by atoms with Crippen molar-refractivity contribution in [2.24, 2.45) is 5.84 Å². The van der Waals surface area contributed by atoms with Gasteiger partial charge in [-0.15, -0.1) is 0 Å². The number of nitrogens with two attached hydrogens (primary N) is 1. The molecule has 0 saturated carbocycles. The first-order valence-electron chi connectivity index (χ1n) is 5.20. The highest BCUT2D eigenvalue weighted by Gasteiger charge is 2.17. The lowest BCUT2D eigenvalue weighted by atomic mass is 9.98. The van der Waals surface area contributed by atoms with Crippen molar-refractivity contribution in [2.75, 3.05) is 0 Å². The third-order valence-corrected chi connectivity index (χ3v) is 2.99. The van der Waals surface area contributed by atoms with Gasteiger partial charge in [-0.25, -0.2) is 5.43 Å². The normalized spacial score (nSPS) is 12.4. The largest absolute Gasteiger partial charge is 0.271 e. The van der Waals surface area contributed by atoms with Crippen LogP contribution in [0.5, 0.6) is 0 Å². The maximum absolute atomic E-state index is 6.12. The SMILES string of the molecule is Cc1ccncc1C(NN)c1ccncc1Cl. The summed E-state index contributed by atoms with van der Waals surface area (Å²) >= 11 is 6.12. The van der Waals surface area contributed by atoms with Gasteiger partial charge in [-0.1, -0.05) is 11.6 Å². The van der Waals surface area contributed by atoms with Crippen molar-refractivity contribution in [1.29, 1.82) is 0 Å². The average Bonchev–Trinajstić information content (AvgIpc) is 2.34. The molecule has 0 fully saturated rings. The summed E-state index contributed by atoms with van der Waals surface area (Å²) in [5.74, 6) is 5.62. The summed E-state index contributed by atoms with van der Waals surface area (Å²) in [6, 6.07) is 3.60. The minimum atomic E-state index is -0.181. The van der Waals surface area contributed by atoms with E-state index in [9.17, 15) is 0 Å². The van der Waals surface area contributed by atoms with Gasteiger partial charge in [0.1, 0.15) is 0 Å². The van der Waals surface area contributed by atoms with Crippen molar-refractivity contribution >= 4 is 11.6 Å². The molecule has 1 atom stereocenters. The van der Waals surface area contributed by atoms with Gasteiger partial charge in [-0.05, 0) is 35.7 Å². The molecule has 0 spiro atoms. The molecule has 2 aromatic heterocycles. The smallest absolute Gasteiger partial charge is 0.0743 e. The van der Waals surface area contributed by atoms with E-state index < -0.39 is 0 Å². The molecule has 5 heteroatoms. The lowest BCUT2D eigenvalue weighted by molar-refractivity contribution is 0.631. The standard InChI is InChI=1S/C12H13ClN4/c1-8-2-4-15-6-10(8)12(17-14)9-3-5-16-7-11(9)13/h2-7,12,17H,14H2,1H3. The van der Waals surface area contributed by atoms with E-state index in [1.807, 2.05) is 19.1 Å². The Balaban J connectivity index is 2.48. The maximum Gasteiger partial charge on any atom is 0.0743 e. The van der Waals surface area contributed by atoms with E-state index in [4.69, 9.17) is 17.4 Å². The van der Waals surface area contributed by atoms with Crippen LogP contribution < -0.4 is 11.3 Å². The summed E-state index contributed by atoms with van der Waals surface area (Å²) in [4.78, 5) is 8.08. The zero-order valence-corrected chi connectivity index (χ0v) is 10.1. The van der Waals surface area contributed by atoms with Gasteiger partial charge in [0.15, 0.2) is 0 Å². The number of hydrogen-bond acceptors (Lipinski definition) is 4. The summed E-state index contributed by atoms with van der Waals surface area (Å²) in [6.45, 7) is 2.01. The fourth-order valence-electron chi connectivity index (χ4n) is 1.75. The molecule has 0 aliphatic carbocycles. The van der Waals surface area contributed by atoms with Crippen molar-refractivity contribution < 1.29 is 0 Å². The monoisotopic (exact) mass is 248 g/mol. The van der Waals surface area contributed by atoms with Gasteiger partial charge in [0.05, 0.1) is 11.1 Å². The number of hydrazine groups is 1. The lowest BCUT2D eigenvalue weighted by Gasteiger charge is -2.19. The number of rotatable bonds is 3. The molecule has 0 aliphatic heterocycles. The number of pyridine rings is 2. The number of aryl methyl sites for hydroxylation is 1. The van der Waals surface area contributed by atoms with Crippen LogP contribution in [0.2, 0.25) is 5.02 Å². The molecule has 3 N–H and O–H groups in total. The molecule has 0 bridgehead atoms. The molecule has 88 valence electrons. The first-order valence-corrected chi connectivity index (χ1v) is 5.58. The third kappa shape index (κ3) is 2.44. The lowest BCUT2D eigenvalue weighted by Crippen LogP contribution is -2.29. The van der Waals surface area contributed by atoms with Crippen LogP contribution in [0.15, 0.2) is 36.9 Å². The van der Waals surface area contributed by atoms with Crippen LogP contribution in [-0.4, -0.2) is 9.97 Å². The fourth-order valence-corrected chi connectivity index (χ4v) is 1.97. The molecule has 4 nitrogen and oxygen atoms in total. The zero-order chi connectivity index (χ0) is 12.3. The molecule has 2 rings (SSSR count). The van der Waals surface area contributed by atoms with E-state index in [1.54, 1.807) is 24.8 Å². The van der Waals surface area contributed by atoms with Crippen LogP contribution in [0.4, 0.5) is 0 Å². The second-order valence-corrected chi connectivity index (χ2v) is 4.14. The van der Waals surface area contributed by atoms with Crippen LogP contribution in [0.3, 0.4) is 0 Å². The minimum Gasteiger partial charge on any atom is -0.271 e. The Labute approximate surface area is 105 Å². The van der Waals surface area contributed by atoms with E-state index in [-0.39, 0.29) is 6.04 Å². The minimum absolute atomic E-state index is 0.181. The molecule has 1 unspecified atom stereocenters. The molecule has 2 aromatic rings. The van der Waals surface area contributed by atoms with E-state index >= 15 is 0 Å². The fraction of sp³-hybridized carbons (Fsp3) is 0.167. The van der Waals surface area contributed by atoms with E-state index in [0.717, 1.165) is 16.7 Å². The second kappa shape index (κ2) is 5.23. The van der Waals surface area contributed by atoms with Gasteiger partial charge in [0, 0.05) is 24.8 Å². The predicted molar refractivity (Wildman–Crippen MR) is 67.4 cm³/mol. The van der Waals surface area contributed by atoms with Gasteiger partial charge in [0.2, 0.25) is 0 Å². The quantitative estimate of drug-likeness (QED) is 0.644. The van der Waals surface area contributed by atoms with Crippen LogP contribution in [-0.2, 0) is 0 Å².